The van der Waals surface area contributed by atoms with E-state index in [1.807, 2.05) is 38.5 Å². The number of rotatable bonds is 5. The molecular weight excluding hydrogens is 355 g/mol. The third kappa shape index (κ3) is 4.40. The van der Waals surface area contributed by atoms with Crippen LogP contribution in [0.3, 0.4) is 0 Å². The van der Waals surface area contributed by atoms with Crippen molar-refractivity contribution in [3.63, 3.8) is 0 Å². The van der Waals surface area contributed by atoms with E-state index in [1.54, 1.807) is 12.1 Å². The molecule has 0 unspecified atom stereocenters. The van der Waals surface area contributed by atoms with E-state index in [-0.39, 0.29) is 17.2 Å². The van der Waals surface area contributed by atoms with Crippen molar-refractivity contribution in [1.29, 1.82) is 0 Å². The Morgan fingerprint density at radius 2 is 2.00 bits per heavy atom. The Balaban J connectivity index is 2.01. The highest BCUT2D eigenvalue weighted by Gasteiger charge is 2.21. The largest absolute Gasteiger partial charge is 0.349 e. The van der Waals surface area contributed by atoms with Gasteiger partial charge in [-0.05, 0) is 38.5 Å². The summed E-state index contributed by atoms with van der Waals surface area (Å²) in [5.74, 6) is 0.718. The number of carbonyl (C=O) groups excluding carboxylic acids is 1. The molecule has 0 saturated heterocycles. The lowest BCUT2D eigenvalue weighted by atomic mass is 10.1. The maximum absolute atomic E-state index is 12.4. The van der Waals surface area contributed by atoms with Crippen LogP contribution in [0.1, 0.15) is 31.3 Å². The van der Waals surface area contributed by atoms with Gasteiger partial charge >= 0.3 is 0 Å². The molecule has 8 heteroatoms. The molecule has 2 atom stereocenters. The highest BCUT2D eigenvalue weighted by Crippen LogP contribution is 2.27. The second-order valence-electron chi connectivity index (χ2n) is 5.24. The maximum atomic E-state index is 12.4. The molecule has 23 heavy (non-hydrogen) atoms. The number of aryl methyl sites for hydroxylation is 1. The van der Waals surface area contributed by atoms with Gasteiger partial charge in [-0.25, -0.2) is 0 Å². The maximum Gasteiger partial charge on any atom is 0.233 e. The number of nitrogens with one attached hydrogen (secondary N) is 1. The molecule has 0 aliphatic carbocycles. The van der Waals surface area contributed by atoms with Crippen LogP contribution in [0.5, 0.6) is 0 Å². The Labute approximate surface area is 149 Å². The predicted octanol–water partition coefficient (Wildman–Crippen LogP) is 3.79. The summed E-state index contributed by atoms with van der Waals surface area (Å²) in [7, 11) is 1.87. The SMILES string of the molecule is Cc1nnc(S[C@H](C)C(=O)N[C@H](C)c2ccc(Cl)cc2Cl)n1C. The van der Waals surface area contributed by atoms with Crippen molar-refractivity contribution in [2.45, 2.75) is 37.2 Å². The first-order valence-electron chi connectivity index (χ1n) is 7.07. The molecular formula is C15H18Cl2N4OS. The molecule has 0 aliphatic rings. The van der Waals surface area contributed by atoms with E-state index < -0.39 is 0 Å². The fourth-order valence-corrected chi connectivity index (χ4v) is 3.40. The van der Waals surface area contributed by atoms with Crippen molar-refractivity contribution in [3.8, 4) is 0 Å². The molecule has 2 rings (SSSR count). The summed E-state index contributed by atoms with van der Waals surface area (Å²) in [5, 5.41) is 12.5. The van der Waals surface area contributed by atoms with Crippen LogP contribution in [0.4, 0.5) is 0 Å². The van der Waals surface area contributed by atoms with Crippen molar-refractivity contribution >= 4 is 40.9 Å². The topological polar surface area (TPSA) is 59.8 Å². The summed E-state index contributed by atoms with van der Waals surface area (Å²) in [5.41, 5.74) is 0.830. The smallest absolute Gasteiger partial charge is 0.233 e. The molecule has 1 amide bonds. The summed E-state index contributed by atoms with van der Waals surface area (Å²) >= 11 is 13.4. The van der Waals surface area contributed by atoms with Gasteiger partial charge in [0.15, 0.2) is 5.16 Å². The lowest BCUT2D eigenvalue weighted by molar-refractivity contribution is -0.120. The van der Waals surface area contributed by atoms with Gasteiger partial charge in [0, 0.05) is 17.1 Å². The number of hydrogen-bond donors (Lipinski definition) is 1. The average Bonchev–Trinajstić information content (AvgIpc) is 2.79. The van der Waals surface area contributed by atoms with Crippen LogP contribution in [0.25, 0.3) is 0 Å². The molecule has 2 aromatic rings. The fraction of sp³-hybridized carbons (Fsp3) is 0.400. The van der Waals surface area contributed by atoms with Gasteiger partial charge < -0.3 is 9.88 Å². The van der Waals surface area contributed by atoms with E-state index in [0.29, 0.717) is 15.2 Å². The third-order valence-electron chi connectivity index (χ3n) is 3.49. The Morgan fingerprint density at radius 3 is 2.57 bits per heavy atom. The summed E-state index contributed by atoms with van der Waals surface area (Å²) in [4.78, 5) is 12.4. The zero-order chi connectivity index (χ0) is 17.1. The van der Waals surface area contributed by atoms with E-state index in [2.05, 4.69) is 15.5 Å². The van der Waals surface area contributed by atoms with Gasteiger partial charge in [0.2, 0.25) is 5.91 Å². The Hall–Kier alpha value is -1.24. The van der Waals surface area contributed by atoms with E-state index in [4.69, 9.17) is 23.2 Å². The van der Waals surface area contributed by atoms with E-state index in [9.17, 15) is 4.79 Å². The van der Waals surface area contributed by atoms with Gasteiger partial charge in [-0.1, -0.05) is 41.0 Å². The molecule has 0 bridgehead atoms. The molecule has 1 aromatic heterocycles. The molecule has 1 N–H and O–H groups in total. The lowest BCUT2D eigenvalue weighted by Crippen LogP contribution is -2.33. The first-order chi connectivity index (χ1) is 10.8. The number of aromatic nitrogens is 3. The van der Waals surface area contributed by atoms with Gasteiger partial charge in [-0.15, -0.1) is 10.2 Å². The first-order valence-corrected chi connectivity index (χ1v) is 8.71. The van der Waals surface area contributed by atoms with Gasteiger partial charge in [-0.2, -0.15) is 0 Å². The number of amides is 1. The van der Waals surface area contributed by atoms with Gasteiger partial charge in [0.1, 0.15) is 5.82 Å². The molecule has 0 radical (unpaired) electrons. The summed E-state index contributed by atoms with van der Waals surface area (Å²) in [6, 6.07) is 5.03. The molecule has 0 saturated carbocycles. The van der Waals surface area contributed by atoms with Crippen LogP contribution in [-0.4, -0.2) is 25.9 Å². The lowest BCUT2D eigenvalue weighted by Gasteiger charge is -2.18. The van der Waals surface area contributed by atoms with Gasteiger partial charge in [0.05, 0.1) is 11.3 Å². The monoisotopic (exact) mass is 372 g/mol. The number of halogens is 2. The minimum absolute atomic E-state index is 0.0887. The van der Waals surface area contributed by atoms with Crippen molar-refractivity contribution in [2.24, 2.45) is 7.05 Å². The quantitative estimate of drug-likeness (QED) is 0.811. The number of thioether (sulfide) groups is 1. The molecule has 5 nitrogen and oxygen atoms in total. The van der Waals surface area contributed by atoms with Crippen LogP contribution in [0.15, 0.2) is 23.4 Å². The Kier molecular flexibility index (Phi) is 5.95. The van der Waals surface area contributed by atoms with Gasteiger partial charge in [-0.3, -0.25) is 4.79 Å². The van der Waals surface area contributed by atoms with Crippen LogP contribution in [-0.2, 0) is 11.8 Å². The minimum Gasteiger partial charge on any atom is -0.349 e. The van der Waals surface area contributed by atoms with E-state index in [1.165, 1.54) is 11.8 Å². The zero-order valence-electron chi connectivity index (χ0n) is 13.3. The number of hydrogen-bond acceptors (Lipinski definition) is 4. The summed E-state index contributed by atoms with van der Waals surface area (Å²) in [6.07, 6.45) is 0. The molecule has 0 aliphatic heterocycles. The van der Waals surface area contributed by atoms with E-state index >= 15 is 0 Å². The molecule has 0 spiro atoms. The van der Waals surface area contributed by atoms with Crippen LogP contribution >= 0.6 is 35.0 Å². The predicted molar refractivity (Wildman–Crippen MR) is 94.1 cm³/mol. The average molecular weight is 373 g/mol. The van der Waals surface area contributed by atoms with E-state index in [0.717, 1.165) is 11.4 Å². The molecule has 1 heterocycles. The number of benzene rings is 1. The number of nitrogens with zero attached hydrogens (tertiary/aromatic N) is 3. The Bertz CT molecular complexity index is 719. The standard InChI is InChI=1S/C15H18Cl2N4OS/c1-8(12-6-5-11(16)7-13(12)17)18-14(22)9(2)23-15-20-19-10(3)21(15)4/h5-9H,1-4H3,(H,18,22)/t8-,9-/m1/s1. The van der Waals surface area contributed by atoms with Crippen LogP contribution in [0, 0.1) is 6.92 Å². The highest BCUT2D eigenvalue weighted by molar-refractivity contribution is 8.00. The normalized spacial score (nSPS) is 13.7. The van der Waals surface area contributed by atoms with Crippen molar-refractivity contribution in [1.82, 2.24) is 20.1 Å². The minimum atomic E-state index is -0.300. The highest BCUT2D eigenvalue weighted by atomic mass is 35.5. The second-order valence-corrected chi connectivity index (χ2v) is 7.40. The first kappa shape index (κ1) is 18.1. The zero-order valence-corrected chi connectivity index (χ0v) is 15.6. The van der Waals surface area contributed by atoms with Crippen LogP contribution in [0.2, 0.25) is 10.0 Å². The second kappa shape index (κ2) is 7.55. The molecule has 1 aromatic carbocycles. The van der Waals surface area contributed by atoms with Gasteiger partial charge in [0.25, 0.3) is 0 Å². The van der Waals surface area contributed by atoms with Crippen molar-refractivity contribution in [2.75, 3.05) is 0 Å². The fourth-order valence-electron chi connectivity index (χ4n) is 1.96. The molecule has 0 fully saturated rings. The number of carbonyl (C=O) groups is 1. The Morgan fingerprint density at radius 1 is 1.30 bits per heavy atom. The third-order valence-corrected chi connectivity index (χ3v) is 5.19. The summed E-state index contributed by atoms with van der Waals surface area (Å²) < 4.78 is 1.86. The molecule has 124 valence electrons. The van der Waals surface area contributed by atoms with Crippen molar-refractivity contribution in [3.05, 3.63) is 39.6 Å². The van der Waals surface area contributed by atoms with Crippen LogP contribution < -0.4 is 5.32 Å². The summed E-state index contributed by atoms with van der Waals surface area (Å²) in [6.45, 7) is 5.59. The van der Waals surface area contributed by atoms with Crippen molar-refractivity contribution < 1.29 is 4.79 Å².